The van der Waals surface area contributed by atoms with Crippen LogP contribution in [0.5, 0.6) is 0 Å². The van der Waals surface area contributed by atoms with Gasteiger partial charge in [0.05, 0.1) is 19.8 Å². The fourth-order valence-electron chi connectivity index (χ4n) is 1.64. The number of hydrogen-bond donors (Lipinski definition) is 1. The summed E-state index contributed by atoms with van der Waals surface area (Å²) in [4.78, 5) is 0. The van der Waals surface area contributed by atoms with Crippen LogP contribution >= 0.6 is 0 Å². The Hall–Kier alpha value is -1.16. The molecule has 1 aromatic rings. The van der Waals surface area contributed by atoms with Gasteiger partial charge in [-0.2, -0.15) is 0 Å². The van der Waals surface area contributed by atoms with Crippen LogP contribution in [-0.2, 0) is 22.6 Å². The molecule has 3 nitrogen and oxygen atoms in total. The van der Waals surface area contributed by atoms with Gasteiger partial charge in [-0.1, -0.05) is 30.3 Å². The van der Waals surface area contributed by atoms with Crippen molar-refractivity contribution < 1.29 is 9.47 Å². The smallest absolute Gasteiger partial charge is 0.0713 e. The van der Waals surface area contributed by atoms with E-state index in [4.69, 9.17) is 9.47 Å². The average molecular weight is 249 g/mol. The zero-order valence-electron chi connectivity index (χ0n) is 11.2. The third kappa shape index (κ3) is 6.55. The molecule has 0 atom stereocenters. The van der Waals surface area contributed by atoms with Crippen LogP contribution in [-0.4, -0.2) is 26.9 Å². The van der Waals surface area contributed by atoms with Crippen molar-refractivity contribution in [3.05, 3.63) is 48.0 Å². The molecule has 0 aromatic heterocycles. The lowest BCUT2D eigenvalue weighted by Crippen LogP contribution is -2.19. The van der Waals surface area contributed by atoms with Gasteiger partial charge in [-0.3, -0.25) is 0 Å². The first kappa shape index (κ1) is 14.9. The monoisotopic (exact) mass is 249 g/mol. The molecule has 18 heavy (non-hydrogen) atoms. The van der Waals surface area contributed by atoms with Crippen molar-refractivity contribution >= 4 is 0 Å². The fraction of sp³-hybridized carbons (Fsp3) is 0.467. The van der Waals surface area contributed by atoms with E-state index in [-0.39, 0.29) is 0 Å². The van der Waals surface area contributed by atoms with Crippen LogP contribution < -0.4 is 5.32 Å². The summed E-state index contributed by atoms with van der Waals surface area (Å²) in [5.74, 6) is 0. The quantitative estimate of drug-likeness (QED) is 0.510. The second kappa shape index (κ2) is 9.83. The summed E-state index contributed by atoms with van der Waals surface area (Å²) in [5, 5.41) is 3.36. The highest BCUT2D eigenvalue weighted by Gasteiger charge is 1.96. The van der Waals surface area contributed by atoms with Crippen LogP contribution in [0.4, 0.5) is 0 Å². The first-order chi connectivity index (χ1) is 8.86. The predicted molar refractivity (Wildman–Crippen MR) is 74.5 cm³/mol. The molecule has 0 heterocycles. The molecule has 0 saturated heterocycles. The number of ether oxygens (including phenoxy) is 2. The molecule has 0 aliphatic carbocycles. The van der Waals surface area contributed by atoms with Gasteiger partial charge in [0, 0.05) is 20.2 Å². The average Bonchev–Trinajstić information content (AvgIpc) is 2.39. The van der Waals surface area contributed by atoms with Gasteiger partial charge < -0.3 is 14.8 Å². The summed E-state index contributed by atoms with van der Waals surface area (Å²) in [6.07, 6.45) is 2.79. The van der Waals surface area contributed by atoms with E-state index in [0.29, 0.717) is 6.61 Å². The van der Waals surface area contributed by atoms with Crippen molar-refractivity contribution in [2.24, 2.45) is 0 Å². The van der Waals surface area contributed by atoms with Crippen LogP contribution in [0.1, 0.15) is 17.5 Å². The van der Waals surface area contributed by atoms with E-state index in [1.54, 1.807) is 7.11 Å². The fourth-order valence-corrected chi connectivity index (χ4v) is 1.64. The first-order valence-corrected chi connectivity index (χ1v) is 6.33. The SMILES string of the molecule is C=CCCOCCNCc1cccc(COC)c1. The van der Waals surface area contributed by atoms with Gasteiger partial charge in [0.25, 0.3) is 0 Å². The zero-order valence-corrected chi connectivity index (χ0v) is 11.2. The maximum absolute atomic E-state index is 5.42. The van der Waals surface area contributed by atoms with Crippen LogP contribution in [0.15, 0.2) is 36.9 Å². The molecule has 0 fully saturated rings. The number of benzene rings is 1. The molecule has 1 N–H and O–H groups in total. The molecule has 0 aliphatic rings. The minimum absolute atomic E-state index is 0.665. The Balaban J connectivity index is 2.14. The number of hydrogen-bond acceptors (Lipinski definition) is 3. The van der Waals surface area contributed by atoms with Crippen LogP contribution in [0.25, 0.3) is 0 Å². The van der Waals surface area contributed by atoms with Gasteiger partial charge in [-0.05, 0) is 17.5 Å². The highest BCUT2D eigenvalue weighted by Crippen LogP contribution is 2.05. The third-order valence-corrected chi connectivity index (χ3v) is 2.52. The van der Waals surface area contributed by atoms with Crippen molar-refractivity contribution in [1.29, 1.82) is 0 Å². The Kier molecular flexibility index (Phi) is 8.13. The van der Waals surface area contributed by atoms with Crippen molar-refractivity contribution in [2.45, 2.75) is 19.6 Å². The van der Waals surface area contributed by atoms with E-state index in [2.05, 4.69) is 36.2 Å². The highest BCUT2D eigenvalue weighted by molar-refractivity contribution is 5.22. The number of rotatable bonds is 10. The molecule has 0 bridgehead atoms. The lowest BCUT2D eigenvalue weighted by atomic mass is 10.1. The third-order valence-electron chi connectivity index (χ3n) is 2.52. The molecule has 0 amide bonds. The topological polar surface area (TPSA) is 30.5 Å². The van der Waals surface area contributed by atoms with E-state index >= 15 is 0 Å². The summed E-state index contributed by atoms with van der Waals surface area (Å²) >= 11 is 0. The first-order valence-electron chi connectivity index (χ1n) is 6.33. The van der Waals surface area contributed by atoms with Crippen LogP contribution in [0.2, 0.25) is 0 Å². The van der Waals surface area contributed by atoms with E-state index in [1.807, 2.05) is 6.08 Å². The Morgan fingerprint density at radius 1 is 1.28 bits per heavy atom. The standard InChI is InChI=1S/C15H23NO2/c1-3-4-9-18-10-8-16-12-14-6-5-7-15(11-14)13-17-2/h3,5-7,11,16H,1,4,8-10,12-13H2,2H3. The minimum atomic E-state index is 0.665. The Morgan fingerprint density at radius 2 is 2.11 bits per heavy atom. The maximum atomic E-state index is 5.42. The van der Waals surface area contributed by atoms with Gasteiger partial charge in [0.1, 0.15) is 0 Å². The minimum Gasteiger partial charge on any atom is -0.380 e. The van der Waals surface area contributed by atoms with Gasteiger partial charge in [-0.15, -0.1) is 6.58 Å². The van der Waals surface area contributed by atoms with Crippen LogP contribution in [0.3, 0.4) is 0 Å². The normalized spacial score (nSPS) is 10.5. The van der Waals surface area contributed by atoms with Gasteiger partial charge in [0.15, 0.2) is 0 Å². The van der Waals surface area contributed by atoms with Crippen molar-refractivity contribution in [3.8, 4) is 0 Å². The van der Waals surface area contributed by atoms with Gasteiger partial charge in [-0.25, -0.2) is 0 Å². The predicted octanol–water partition coefficient (Wildman–Crippen LogP) is 2.52. The molecule has 3 heteroatoms. The molecule has 0 radical (unpaired) electrons. The second-order valence-corrected chi connectivity index (χ2v) is 4.12. The number of nitrogens with one attached hydrogen (secondary N) is 1. The summed E-state index contributed by atoms with van der Waals surface area (Å²) in [6, 6.07) is 8.41. The summed E-state index contributed by atoms with van der Waals surface area (Å²) in [6.45, 7) is 7.55. The van der Waals surface area contributed by atoms with E-state index < -0.39 is 0 Å². The molecule has 1 rings (SSSR count). The lowest BCUT2D eigenvalue weighted by Gasteiger charge is -2.07. The second-order valence-electron chi connectivity index (χ2n) is 4.12. The Bertz CT molecular complexity index is 339. The van der Waals surface area contributed by atoms with Crippen molar-refractivity contribution in [1.82, 2.24) is 5.32 Å². The largest absolute Gasteiger partial charge is 0.380 e. The molecular weight excluding hydrogens is 226 g/mol. The van der Waals surface area contributed by atoms with Gasteiger partial charge in [0.2, 0.25) is 0 Å². The molecule has 0 aliphatic heterocycles. The zero-order chi connectivity index (χ0) is 13.1. The highest BCUT2D eigenvalue weighted by atomic mass is 16.5. The lowest BCUT2D eigenvalue weighted by molar-refractivity contribution is 0.140. The van der Waals surface area contributed by atoms with E-state index in [9.17, 15) is 0 Å². The Morgan fingerprint density at radius 3 is 2.89 bits per heavy atom. The van der Waals surface area contributed by atoms with E-state index in [0.717, 1.165) is 32.7 Å². The maximum Gasteiger partial charge on any atom is 0.0713 e. The molecule has 0 unspecified atom stereocenters. The summed E-state index contributed by atoms with van der Waals surface area (Å²) < 4.78 is 10.5. The van der Waals surface area contributed by atoms with Gasteiger partial charge >= 0.3 is 0 Å². The molecule has 0 saturated carbocycles. The summed E-state index contributed by atoms with van der Waals surface area (Å²) in [5.41, 5.74) is 2.48. The van der Waals surface area contributed by atoms with E-state index in [1.165, 1.54) is 11.1 Å². The number of methoxy groups -OCH3 is 1. The molecular formula is C15H23NO2. The summed E-state index contributed by atoms with van der Waals surface area (Å²) in [7, 11) is 1.71. The van der Waals surface area contributed by atoms with Crippen LogP contribution in [0, 0.1) is 0 Å². The Labute approximate surface area is 110 Å². The van der Waals surface area contributed by atoms with Crippen molar-refractivity contribution in [3.63, 3.8) is 0 Å². The molecule has 1 aromatic carbocycles. The molecule has 0 spiro atoms. The molecule has 100 valence electrons. The van der Waals surface area contributed by atoms with Crippen molar-refractivity contribution in [2.75, 3.05) is 26.9 Å².